The van der Waals surface area contributed by atoms with Gasteiger partial charge in [0.05, 0.1) is 19.1 Å². The Labute approximate surface area is 133 Å². The van der Waals surface area contributed by atoms with Crippen LogP contribution in [0, 0.1) is 0 Å². The summed E-state index contributed by atoms with van der Waals surface area (Å²) in [5.74, 6) is -0.137. The third kappa shape index (κ3) is 4.86. The van der Waals surface area contributed by atoms with Crippen molar-refractivity contribution in [2.75, 3.05) is 18.9 Å². The number of aliphatic hydroxyl groups is 1. The SMILES string of the molecule is CCCCC(=O)OCC(CO)OCn1cnc2nc(N)ncc21. The Morgan fingerprint density at radius 3 is 3.04 bits per heavy atom. The molecule has 0 saturated heterocycles. The molecule has 0 aliphatic rings. The molecule has 0 radical (unpaired) electrons. The normalized spacial score (nSPS) is 12.4. The van der Waals surface area contributed by atoms with Crippen molar-refractivity contribution in [3.63, 3.8) is 0 Å². The number of unbranched alkanes of at least 4 members (excludes halogenated alkanes) is 1. The van der Waals surface area contributed by atoms with Gasteiger partial charge in [-0.05, 0) is 6.42 Å². The number of carbonyl (C=O) groups is 1. The molecule has 0 aliphatic heterocycles. The summed E-state index contributed by atoms with van der Waals surface area (Å²) in [7, 11) is 0. The molecule has 2 aromatic heterocycles. The highest BCUT2D eigenvalue weighted by Crippen LogP contribution is 2.10. The Hall–Kier alpha value is -2.26. The summed E-state index contributed by atoms with van der Waals surface area (Å²) in [6, 6.07) is 0. The van der Waals surface area contributed by atoms with Gasteiger partial charge in [0.2, 0.25) is 5.95 Å². The monoisotopic (exact) mass is 323 g/mol. The number of nitrogens with zero attached hydrogens (tertiary/aromatic N) is 4. The second kappa shape index (κ2) is 8.39. The average molecular weight is 323 g/mol. The summed E-state index contributed by atoms with van der Waals surface area (Å²) in [5.41, 5.74) is 6.62. The van der Waals surface area contributed by atoms with Crippen molar-refractivity contribution in [2.45, 2.75) is 39.0 Å². The fourth-order valence-corrected chi connectivity index (χ4v) is 1.89. The number of nitrogens with two attached hydrogens (primary N) is 1. The van der Waals surface area contributed by atoms with Crippen molar-refractivity contribution in [1.29, 1.82) is 0 Å². The van der Waals surface area contributed by atoms with E-state index in [1.54, 1.807) is 17.1 Å². The largest absolute Gasteiger partial charge is 0.463 e. The Morgan fingerprint density at radius 2 is 2.30 bits per heavy atom. The van der Waals surface area contributed by atoms with Crippen molar-refractivity contribution >= 4 is 23.1 Å². The zero-order valence-electron chi connectivity index (χ0n) is 13.0. The molecule has 0 amide bonds. The van der Waals surface area contributed by atoms with Crippen molar-refractivity contribution in [3.8, 4) is 0 Å². The molecule has 23 heavy (non-hydrogen) atoms. The lowest BCUT2D eigenvalue weighted by molar-refractivity contribution is -0.150. The number of imidazole rings is 1. The lowest BCUT2D eigenvalue weighted by Crippen LogP contribution is -2.26. The smallest absolute Gasteiger partial charge is 0.305 e. The van der Waals surface area contributed by atoms with E-state index >= 15 is 0 Å². The van der Waals surface area contributed by atoms with Crippen molar-refractivity contribution in [2.24, 2.45) is 0 Å². The van der Waals surface area contributed by atoms with Crippen LogP contribution in [0.5, 0.6) is 0 Å². The maximum atomic E-state index is 11.5. The van der Waals surface area contributed by atoms with Crippen LogP contribution in [0.15, 0.2) is 12.5 Å². The minimum Gasteiger partial charge on any atom is -0.463 e. The van der Waals surface area contributed by atoms with E-state index < -0.39 is 6.10 Å². The molecule has 126 valence electrons. The van der Waals surface area contributed by atoms with Gasteiger partial charge in [-0.1, -0.05) is 13.3 Å². The second-order valence-corrected chi connectivity index (χ2v) is 5.04. The topological polar surface area (TPSA) is 125 Å². The highest BCUT2D eigenvalue weighted by atomic mass is 16.6. The van der Waals surface area contributed by atoms with Crippen molar-refractivity contribution < 1.29 is 19.4 Å². The molecular weight excluding hydrogens is 302 g/mol. The van der Waals surface area contributed by atoms with Crippen molar-refractivity contribution in [3.05, 3.63) is 12.5 Å². The molecule has 0 spiro atoms. The van der Waals surface area contributed by atoms with Gasteiger partial charge in [0.25, 0.3) is 0 Å². The second-order valence-electron chi connectivity index (χ2n) is 5.04. The molecule has 2 heterocycles. The van der Waals surface area contributed by atoms with Crippen LogP contribution in [0.25, 0.3) is 11.2 Å². The number of nitrogen functional groups attached to an aromatic ring is 1. The Kier molecular flexibility index (Phi) is 6.24. The van der Waals surface area contributed by atoms with Gasteiger partial charge >= 0.3 is 5.97 Å². The number of fused-ring (bicyclic) bond motifs is 1. The van der Waals surface area contributed by atoms with E-state index in [4.69, 9.17) is 15.2 Å². The molecule has 0 aromatic carbocycles. The summed E-state index contributed by atoms with van der Waals surface area (Å²) in [6.45, 7) is 1.88. The molecule has 0 bridgehead atoms. The first-order valence-corrected chi connectivity index (χ1v) is 7.45. The van der Waals surface area contributed by atoms with Crippen LogP contribution in [0.2, 0.25) is 0 Å². The first-order valence-electron chi connectivity index (χ1n) is 7.45. The number of hydrogen-bond donors (Lipinski definition) is 2. The molecule has 0 saturated carbocycles. The van der Waals surface area contributed by atoms with Gasteiger partial charge in [0, 0.05) is 6.42 Å². The molecule has 0 fully saturated rings. The molecule has 9 heteroatoms. The zero-order valence-corrected chi connectivity index (χ0v) is 13.0. The Balaban J connectivity index is 1.85. The van der Waals surface area contributed by atoms with E-state index in [1.165, 1.54) is 0 Å². The minimum absolute atomic E-state index is 0.00905. The van der Waals surface area contributed by atoms with Crippen LogP contribution >= 0.6 is 0 Å². The molecule has 9 nitrogen and oxygen atoms in total. The standard InChI is InChI=1S/C14H21N5O4/c1-2-3-4-12(21)22-7-10(6-20)23-9-19-8-17-13-11(19)5-16-14(15)18-13/h5,8,10,20H,2-4,6-7,9H2,1H3,(H2,15,16,18). The van der Waals surface area contributed by atoms with Gasteiger partial charge in [0.1, 0.15) is 25.0 Å². The number of aromatic nitrogens is 4. The molecule has 3 N–H and O–H groups in total. The molecule has 1 unspecified atom stereocenters. The fraction of sp³-hybridized carbons (Fsp3) is 0.571. The highest BCUT2D eigenvalue weighted by molar-refractivity contribution is 5.70. The van der Waals surface area contributed by atoms with Crippen LogP contribution < -0.4 is 5.73 Å². The van der Waals surface area contributed by atoms with Gasteiger partial charge in [-0.3, -0.25) is 4.79 Å². The summed E-state index contributed by atoms with van der Waals surface area (Å²) in [4.78, 5) is 23.5. The summed E-state index contributed by atoms with van der Waals surface area (Å²) < 4.78 is 12.3. The van der Waals surface area contributed by atoms with E-state index in [1.807, 2.05) is 6.92 Å². The number of hydrogen-bond acceptors (Lipinski definition) is 8. The lowest BCUT2D eigenvalue weighted by atomic mass is 10.2. The quantitative estimate of drug-likeness (QED) is 0.638. The van der Waals surface area contributed by atoms with Crippen LogP contribution in [-0.2, 0) is 21.0 Å². The highest BCUT2D eigenvalue weighted by Gasteiger charge is 2.13. The average Bonchev–Trinajstić information content (AvgIpc) is 2.95. The van der Waals surface area contributed by atoms with Crippen LogP contribution in [-0.4, -0.2) is 49.9 Å². The Morgan fingerprint density at radius 1 is 1.48 bits per heavy atom. The van der Waals surface area contributed by atoms with Gasteiger partial charge < -0.3 is 24.9 Å². The fourth-order valence-electron chi connectivity index (χ4n) is 1.89. The minimum atomic E-state index is -0.604. The van der Waals surface area contributed by atoms with E-state index in [2.05, 4.69) is 15.0 Å². The van der Waals surface area contributed by atoms with Crippen molar-refractivity contribution in [1.82, 2.24) is 19.5 Å². The lowest BCUT2D eigenvalue weighted by Gasteiger charge is -2.16. The van der Waals surface area contributed by atoms with Crippen LogP contribution in [0.1, 0.15) is 26.2 Å². The summed E-state index contributed by atoms with van der Waals surface area (Å²) in [5, 5.41) is 9.31. The molecule has 2 aromatic rings. The number of anilines is 1. The van der Waals surface area contributed by atoms with Gasteiger partial charge in [-0.25, -0.2) is 9.97 Å². The molecule has 0 aliphatic carbocycles. The van der Waals surface area contributed by atoms with E-state index in [-0.39, 0.29) is 31.9 Å². The number of esters is 1. The number of ether oxygens (including phenoxy) is 2. The van der Waals surface area contributed by atoms with E-state index in [9.17, 15) is 9.90 Å². The molecule has 2 rings (SSSR count). The maximum absolute atomic E-state index is 11.5. The number of carbonyl (C=O) groups excluding carboxylic acids is 1. The third-order valence-electron chi connectivity index (χ3n) is 3.22. The van der Waals surface area contributed by atoms with E-state index in [0.29, 0.717) is 17.6 Å². The predicted molar refractivity (Wildman–Crippen MR) is 82.2 cm³/mol. The van der Waals surface area contributed by atoms with Gasteiger partial charge in [-0.2, -0.15) is 4.98 Å². The number of aliphatic hydroxyl groups excluding tert-OH is 1. The number of rotatable bonds is 9. The van der Waals surface area contributed by atoms with Crippen LogP contribution in [0.4, 0.5) is 5.95 Å². The van der Waals surface area contributed by atoms with Gasteiger partial charge in [0.15, 0.2) is 5.65 Å². The first-order chi connectivity index (χ1) is 11.1. The zero-order chi connectivity index (χ0) is 16.7. The first kappa shape index (κ1) is 17.1. The van der Waals surface area contributed by atoms with E-state index in [0.717, 1.165) is 12.8 Å². The molecular formula is C14H21N5O4. The third-order valence-corrected chi connectivity index (χ3v) is 3.22. The summed E-state index contributed by atoms with van der Waals surface area (Å²) >= 11 is 0. The maximum Gasteiger partial charge on any atom is 0.305 e. The predicted octanol–water partition coefficient (Wildman–Crippen LogP) is 0.477. The molecule has 1 atom stereocenters. The van der Waals surface area contributed by atoms with Crippen LogP contribution in [0.3, 0.4) is 0 Å². The van der Waals surface area contributed by atoms with Gasteiger partial charge in [-0.15, -0.1) is 0 Å². The summed E-state index contributed by atoms with van der Waals surface area (Å²) in [6.07, 6.45) is 4.57. The Bertz CT molecular complexity index is 645.